The lowest BCUT2D eigenvalue weighted by atomic mass is 9.98. The molecule has 0 spiro atoms. The maximum atomic E-state index is 9.07. The molecule has 18 heavy (non-hydrogen) atoms. The number of hydrogen-bond donors (Lipinski definition) is 1. The molecule has 0 saturated carbocycles. The Morgan fingerprint density at radius 2 is 1.89 bits per heavy atom. The fourth-order valence-electron chi connectivity index (χ4n) is 2.35. The third-order valence-corrected chi connectivity index (χ3v) is 3.85. The molecule has 1 aliphatic rings. The van der Waals surface area contributed by atoms with Crippen LogP contribution in [0.4, 0.5) is 0 Å². The molecule has 0 aromatic carbocycles. The molecule has 0 radical (unpaired) electrons. The summed E-state index contributed by atoms with van der Waals surface area (Å²) in [4.78, 5) is 2.34. The second-order valence-electron chi connectivity index (χ2n) is 5.11. The maximum Gasteiger partial charge on any atom is 0.103 e. The largest absolute Gasteiger partial charge is 0.377 e. The fraction of sp³-hybridized carbons (Fsp3) is 0.923. The van der Waals surface area contributed by atoms with Crippen molar-refractivity contribution in [1.82, 2.24) is 10.2 Å². The number of likely N-dealkylation sites (tertiary alicyclic amines) is 1. The van der Waals surface area contributed by atoms with Gasteiger partial charge in [-0.05, 0) is 33.4 Å². The van der Waals surface area contributed by atoms with Gasteiger partial charge in [-0.15, -0.1) is 0 Å². The van der Waals surface area contributed by atoms with Crippen molar-refractivity contribution in [1.29, 1.82) is 5.26 Å². The fourth-order valence-corrected chi connectivity index (χ4v) is 2.35. The number of ether oxygens (including phenoxy) is 2. The molecular formula is C13H25N3O2. The normalized spacial score (nSPS) is 27.9. The number of nitriles is 1. The highest BCUT2D eigenvalue weighted by Crippen LogP contribution is 2.17. The zero-order valence-corrected chi connectivity index (χ0v) is 11.9. The lowest BCUT2D eigenvalue weighted by Crippen LogP contribution is -2.38. The van der Waals surface area contributed by atoms with E-state index in [0.29, 0.717) is 0 Å². The minimum Gasteiger partial charge on any atom is -0.377 e. The van der Waals surface area contributed by atoms with Gasteiger partial charge in [0.25, 0.3) is 0 Å². The highest BCUT2D eigenvalue weighted by atomic mass is 16.5. The smallest absolute Gasteiger partial charge is 0.103 e. The Bertz CT molecular complexity index is 280. The molecule has 0 aromatic heterocycles. The number of methoxy groups -OCH3 is 2. The summed E-state index contributed by atoms with van der Waals surface area (Å²) in [6.07, 6.45) is 2.19. The van der Waals surface area contributed by atoms with E-state index in [9.17, 15) is 0 Å². The lowest BCUT2D eigenvalue weighted by Gasteiger charge is -2.22. The van der Waals surface area contributed by atoms with Crippen LogP contribution in [0.25, 0.3) is 0 Å². The summed E-state index contributed by atoms with van der Waals surface area (Å²) < 4.78 is 10.8. The summed E-state index contributed by atoms with van der Waals surface area (Å²) in [6.45, 7) is 4.75. The van der Waals surface area contributed by atoms with Crippen LogP contribution in [0.2, 0.25) is 0 Å². The molecule has 5 nitrogen and oxygen atoms in total. The SMILES string of the molecule is CNC(C)(C#N)CCCN1CC(OC)C(OC)C1. The topological polar surface area (TPSA) is 57.5 Å². The number of nitrogens with zero attached hydrogens (tertiary/aromatic N) is 2. The van der Waals surface area contributed by atoms with Crippen LogP contribution in [0, 0.1) is 11.3 Å². The first-order valence-electron chi connectivity index (χ1n) is 6.46. The van der Waals surface area contributed by atoms with Crippen molar-refractivity contribution >= 4 is 0 Å². The molecule has 1 fully saturated rings. The Hall–Kier alpha value is -0.670. The maximum absolute atomic E-state index is 9.07. The quantitative estimate of drug-likeness (QED) is 0.722. The van der Waals surface area contributed by atoms with E-state index in [2.05, 4.69) is 16.3 Å². The van der Waals surface area contributed by atoms with E-state index >= 15 is 0 Å². The van der Waals surface area contributed by atoms with Crippen molar-refractivity contribution in [2.45, 2.75) is 37.5 Å². The van der Waals surface area contributed by atoms with Crippen molar-refractivity contribution in [2.24, 2.45) is 0 Å². The minimum absolute atomic E-state index is 0.168. The standard InChI is InChI=1S/C13H25N3O2/c1-13(10-14,15-2)6-5-7-16-8-11(17-3)12(9-16)18-4/h11-12,15H,5-9H2,1-4H3. The Morgan fingerprint density at radius 3 is 2.28 bits per heavy atom. The van der Waals surface area contributed by atoms with Gasteiger partial charge in [0.2, 0.25) is 0 Å². The Morgan fingerprint density at radius 1 is 1.33 bits per heavy atom. The van der Waals surface area contributed by atoms with Crippen LogP contribution in [0.5, 0.6) is 0 Å². The van der Waals surface area contributed by atoms with Gasteiger partial charge in [0.1, 0.15) is 5.54 Å². The van der Waals surface area contributed by atoms with Gasteiger partial charge < -0.3 is 14.8 Å². The molecule has 1 aliphatic heterocycles. The molecule has 3 unspecified atom stereocenters. The first-order valence-corrected chi connectivity index (χ1v) is 6.46. The van der Waals surface area contributed by atoms with Gasteiger partial charge in [-0.25, -0.2) is 0 Å². The molecule has 1 N–H and O–H groups in total. The summed E-state index contributed by atoms with van der Waals surface area (Å²) in [5.74, 6) is 0. The van der Waals surface area contributed by atoms with Crippen LogP contribution < -0.4 is 5.32 Å². The molecule has 0 aliphatic carbocycles. The molecule has 3 atom stereocenters. The Kier molecular flexibility index (Phi) is 6.03. The molecule has 1 saturated heterocycles. The summed E-state index contributed by atoms with van der Waals surface area (Å²) >= 11 is 0. The van der Waals surface area contributed by atoms with Crippen LogP contribution in [0.3, 0.4) is 0 Å². The van der Waals surface area contributed by atoms with E-state index in [-0.39, 0.29) is 12.2 Å². The van der Waals surface area contributed by atoms with Gasteiger partial charge in [0, 0.05) is 27.3 Å². The molecule has 0 aromatic rings. The summed E-state index contributed by atoms with van der Waals surface area (Å²) in [7, 11) is 5.29. The predicted octanol–water partition coefficient (Wildman–Crippen LogP) is 0.614. The average Bonchev–Trinajstić information content (AvgIpc) is 2.80. The lowest BCUT2D eigenvalue weighted by molar-refractivity contribution is -0.00461. The Balaban J connectivity index is 2.32. The van der Waals surface area contributed by atoms with Gasteiger partial charge in [-0.1, -0.05) is 0 Å². The van der Waals surface area contributed by atoms with E-state index in [1.165, 1.54) is 0 Å². The van der Waals surface area contributed by atoms with Crippen molar-refractivity contribution < 1.29 is 9.47 Å². The minimum atomic E-state index is -0.416. The third-order valence-electron chi connectivity index (χ3n) is 3.85. The molecule has 0 amide bonds. The number of hydrogen-bond acceptors (Lipinski definition) is 5. The third kappa shape index (κ3) is 3.92. The molecule has 5 heteroatoms. The summed E-state index contributed by atoms with van der Waals surface area (Å²) in [6, 6.07) is 2.31. The summed E-state index contributed by atoms with van der Waals surface area (Å²) in [5.41, 5.74) is -0.416. The van der Waals surface area contributed by atoms with Crippen molar-refractivity contribution in [3.8, 4) is 6.07 Å². The zero-order chi connectivity index (χ0) is 13.6. The van der Waals surface area contributed by atoms with Gasteiger partial charge in [0.15, 0.2) is 0 Å². The Labute approximate surface area is 110 Å². The first kappa shape index (κ1) is 15.4. The highest BCUT2D eigenvalue weighted by molar-refractivity contribution is 5.02. The van der Waals surface area contributed by atoms with Crippen LogP contribution in [-0.4, -0.2) is 63.5 Å². The van der Waals surface area contributed by atoms with Gasteiger partial charge in [-0.3, -0.25) is 4.90 Å². The van der Waals surface area contributed by atoms with E-state index in [4.69, 9.17) is 14.7 Å². The van der Waals surface area contributed by atoms with Gasteiger partial charge in [-0.2, -0.15) is 5.26 Å². The van der Waals surface area contributed by atoms with Crippen molar-refractivity contribution in [3.05, 3.63) is 0 Å². The molecule has 1 rings (SSSR count). The first-order chi connectivity index (χ1) is 8.58. The van der Waals surface area contributed by atoms with Crippen LogP contribution in [-0.2, 0) is 9.47 Å². The van der Waals surface area contributed by atoms with Gasteiger partial charge in [0.05, 0.1) is 18.3 Å². The second kappa shape index (κ2) is 7.05. The second-order valence-corrected chi connectivity index (χ2v) is 5.11. The number of nitrogens with one attached hydrogen (secondary N) is 1. The van der Waals surface area contributed by atoms with E-state index in [0.717, 1.165) is 32.5 Å². The van der Waals surface area contributed by atoms with Crippen LogP contribution in [0.15, 0.2) is 0 Å². The van der Waals surface area contributed by atoms with Crippen molar-refractivity contribution in [2.75, 3.05) is 40.9 Å². The highest BCUT2D eigenvalue weighted by Gasteiger charge is 2.32. The molecule has 1 heterocycles. The van der Waals surface area contributed by atoms with E-state index < -0.39 is 5.54 Å². The predicted molar refractivity (Wildman–Crippen MR) is 70.3 cm³/mol. The van der Waals surface area contributed by atoms with Crippen molar-refractivity contribution in [3.63, 3.8) is 0 Å². The number of rotatable bonds is 7. The molecular weight excluding hydrogens is 230 g/mol. The average molecular weight is 255 g/mol. The van der Waals surface area contributed by atoms with Crippen LogP contribution >= 0.6 is 0 Å². The summed E-state index contributed by atoms with van der Waals surface area (Å²) in [5, 5.41) is 12.1. The van der Waals surface area contributed by atoms with E-state index in [1.807, 2.05) is 14.0 Å². The molecule has 104 valence electrons. The monoisotopic (exact) mass is 255 g/mol. The van der Waals surface area contributed by atoms with E-state index in [1.54, 1.807) is 14.2 Å². The van der Waals surface area contributed by atoms with Gasteiger partial charge >= 0.3 is 0 Å². The zero-order valence-electron chi connectivity index (χ0n) is 11.9. The molecule has 0 bridgehead atoms. The van der Waals surface area contributed by atoms with Crippen LogP contribution in [0.1, 0.15) is 19.8 Å².